The molecule has 2 aromatic carbocycles. The fraction of sp³-hybridized carbons (Fsp3) is 0.318. The van der Waals surface area contributed by atoms with E-state index in [9.17, 15) is 0 Å². The van der Waals surface area contributed by atoms with Crippen molar-refractivity contribution in [2.45, 2.75) is 12.8 Å². The lowest BCUT2D eigenvalue weighted by molar-refractivity contribution is 0.151. The number of nitrogens with two attached hydrogens (primary N) is 1. The molecule has 4 nitrogen and oxygen atoms in total. The molecule has 0 aliphatic carbocycles. The predicted octanol–water partition coefficient (Wildman–Crippen LogP) is 4.20. The Labute approximate surface area is 154 Å². The fourth-order valence-corrected chi connectivity index (χ4v) is 3.84. The smallest absolute Gasteiger partial charge is 0.127 e. The van der Waals surface area contributed by atoms with Crippen LogP contribution in [0.15, 0.2) is 54.6 Å². The molecular weight excluding hydrogens is 322 g/mol. The Morgan fingerprint density at radius 1 is 1.08 bits per heavy atom. The zero-order valence-electron chi connectivity index (χ0n) is 15.2. The molecule has 1 saturated heterocycles. The van der Waals surface area contributed by atoms with Gasteiger partial charge in [0.1, 0.15) is 11.6 Å². The van der Waals surface area contributed by atoms with E-state index < -0.39 is 0 Å². The number of hydrogen-bond acceptors (Lipinski definition) is 4. The highest BCUT2D eigenvalue weighted by Crippen LogP contribution is 2.34. The number of fused-ring (bicyclic) bond motifs is 1. The van der Waals surface area contributed by atoms with E-state index in [4.69, 9.17) is 10.5 Å². The Bertz CT molecular complexity index is 909. The van der Waals surface area contributed by atoms with Gasteiger partial charge < -0.3 is 15.4 Å². The quantitative estimate of drug-likeness (QED) is 0.768. The first-order valence-electron chi connectivity index (χ1n) is 9.27. The molecule has 0 saturated carbocycles. The summed E-state index contributed by atoms with van der Waals surface area (Å²) in [5.41, 5.74) is 7.84. The standard InChI is InChI=1S/C22H25N3O/c1-25-13-5-6-16(14-25)15-26-21-12-11-18(17-7-2-3-8-19(17)21)20-9-4-10-22(23)24-20/h2-4,7-12,16H,5-6,13-15H2,1H3,(H2,23,24). The van der Waals surface area contributed by atoms with Crippen LogP contribution in [0.25, 0.3) is 22.0 Å². The number of nitrogens with zero attached hydrogens (tertiary/aromatic N) is 2. The van der Waals surface area contributed by atoms with Crippen LogP contribution < -0.4 is 10.5 Å². The lowest BCUT2D eigenvalue weighted by atomic mass is 9.99. The van der Waals surface area contributed by atoms with Gasteiger partial charge in [-0.15, -0.1) is 0 Å². The van der Waals surface area contributed by atoms with Crippen LogP contribution in [0.5, 0.6) is 5.75 Å². The predicted molar refractivity (Wildman–Crippen MR) is 107 cm³/mol. The van der Waals surface area contributed by atoms with Gasteiger partial charge in [-0.1, -0.05) is 30.3 Å². The first-order valence-corrected chi connectivity index (χ1v) is 9.27. The first kappa shape index (κ1) is 16.9. The number of piperidine rings is 1. The van der Waals surface area contributed by atoms with Gasteiger partial charge in [-0.05, 0) is 56.1 Å². The summed E-state index contributed by atoms with van der Waals surface area (Å²) in [6.45, 7) is 3.08. The lowest BCUT2D eigenvalue weighted by Crippen LogP contribution is -2.34. The zero-order valence-corrected chi connectivity index (χ0v) is 15.2. The van der Waals surface area contributed by atoms with E-state index >= 15 is 0 Å². The third-order valence-electron chi connectivity index (χ3n) is 5.13. The molecule has 4 heteroatoms. The van der Waals surface area contributed by atoms with Gasteiger partial charge in [0.25, 0.3) is 0 Å². The minimum Gasteiger partial charge on any atom is -0.493 e. The van der Waals surface area contributed by atoms with Crippen molar-refractivity contribution < 1.29 is 4.74 Å². The van der Waals surface area contributed by atoms with Crippen LogP contribution in [0.4, 0.5) is 5.82 Å². The molecule has 2 N–H and O–H groups in total. The van der Waals surface area contributed by atoms with Crippen molar-refractivity contribution in [1.29, 1.82) is 0 Å². The number of likely N-dealkylation sites (tertiary alicyclic amines) is 1. The van der Waals surface area contributed by atoms with Crippen molar-refractivity contribution in [3.63, 3.8) is 0 Å². The number of pyridine rings is 1. The summed E-state index contributed by atoms with van der Waals surface area (Å²) in [7, 11) is 2.19. The van der Waals surface area contributed by atoms with Crippen molar-refractivity contribution in [3.05, 3.63) is 54.6 Å². The Hall–Kier alpha value is -2.59. The Morgan fingerprint density at radius 3 is 2.73 bits per heavy atom. The second-order valence-corrected chi connectivity index (χ2v) is 7.19. The minimum atomic E-state index is 0.535. The SMILES string of the molecule is CN1CCCC(COc2ccc(-c3cccc(N)n3)c3ccccc23)C1. The molecule has 0 radical (unpaired) electrons. The molecule has 1 fully saturated rings. The minimum absolute atomic E-state index is 0.535. The van der Waals surface area contributed by atoms with Gasteiger partial charge >= 0.3 is 0 Å². The molecule has 1 atom stereocenters. The van der Waals surface area contributed by atoms with E-state index in [1.54, 1.807) is 0 Å². The molecule has 0 spiro atoms. The molecule has 0 bridgehead atoms. The van der Waals surface area contributed by atoms with Crippen LogP contribution in [0, 0.1) is 5.92 Å². The maximum absolute atomic E-state index is 6.25. The Morgan fingerprint density at radius 2 is 1.92 bits per heavy atom. The van der Waals surface area contributed by atoms with Crippen LogP contribution >= 0.6 is 0 Å². The zero-order chi connectivity index (χ0) is 17.9. The number of benzene rings is 2. The molecular formula is C22H25N3O. The summed E-state index contributed by atoms with van der Waals surface area (Å²) < 4.78 is 6.25. The van der Waals surface area contributed by atoms with Crippen LogP contribution in [0.1, 0.15) is 12.8 Å². The van der Waals surface area contributed by atoms with E-state index in [2.05, 4.69) is 53.3 Å². The summed E-state index contributed by atoms with van der Waals surface area (Å²) in [5, 5.41) is 2.27. The highest BCUT2D eigenvalue weighted by atomic mass is 16.5. The third kappa shape index (κ3) is 3.51. The maximum Gasteiger partial charge on any atom is 0.127 e. The second-order valence-electron chi connectivity index (χ2n) is 7.19. The average molecular weight is 347 g/mol. The summed E-state index contributed by atoms with van der Waals surface area (Å²) in [4.78, 5) is 6.88. The normalized spacial score (nSPS) is 18.1. The fourth-order valence-electron chi connectivity index (χ4n) is 3.84. The van der Waals surface area contributed by atoms with E-state index in [0.717, 1.165) is 40.9 Å². The van der Waals surface area contributed by atoms with Gasteiger partial charge in [-0.25, -0.2) is 4.98 Å². The molecule has 1 unspecified atom stereocenters. The molecule has 26 heavy (non-hydrogen) atoms. The van der Waals surface area contributed by atoms with E-state index in [1.807, 2.05) is 18.2 Å². The molecule has 1 aliphatic rings. The summed E-state index contributed by atoms with van der Waals surface area (Å²) in [6.07, 6.45) is 2.50. The van der Waals surface area contributed by atoms with Crippen molar-refractivity contribution in [2.75, 3.05) is 32.5 Å². The number of anilines is 1. The molecule has 1 aromatic heterocycles. The highest BCUT2D eigenvalue weighted by molar-refractivity contribution is 5.99. The molecule has 4 rings (SSSR count). The topological polar surface area (TPSA) is 51.4 Å². The Balaban J connectivity index is 1.64. The van der Waals surface area contributed by atoms with Crippen LogP contribution in [-0.2, 0) is 0 Å². The molecule has 134 valence electrons. The van der Waals surface area contributed by atoms with Crippen LogP contribution in [0.3, 0.4) is 0 Å². The summed E-state index contributed by atoms with van der Waals surface area (Å²) in [6, 6.07) is 18.3. The molecule has 0 amide bonds. The van der Waals surface area contributed by atoms with Gasteiger partial charge in [0.2, 0.25) is 0 Å². The monoisotopic (exact) mass is 347 g/mol. The maximum atomic E-state index is 6.25. The van der Waals surface area contributed by atoms with Gasteiger partial charge in [0, 0.05) is 23.4 Å². The second kappa shape index (κ2) is 7.34. The number of nitrogen functional groups attached to an aromatic ring is 1. The Kier molecular flexibility index (Phi) is 4.76. The highest BCUT2D eigenvalue weighted by Gasteiger charge is 2.18. The van der Waals surface area contributed by atoms with Crippen LogP contribution in [-0.4, -0.2) is 36.6 Å². The number of hydrogen-bond donors (Lipinski definition) is 1. The van der Waals surface area contributed by atoms with Crippen molar-refractivity contribution in [3.8, 4) is 17.0 Å². The third-order valence-corrected chi connectivity index (χ3v) is 5.13. The number of ether oxygens (including phenoxy) is 1. The van der Waals surface area contributed by atoms with Gasteiger partial charge in [-0.2, -0.15) is 0 Å². The lowest BCUT2D eigenvalue weighted by Gasteiger charge is -2.29. The number of aromatic nitrogens is 1. The van der Waals surface area contributed by atoms with Crippen molar-refractivity contribution in [1.82, 2.24) is 9.88 Å². The van der Waals surface area contributed by atoms with E-state index in [0.29, 0.717) is 11.7 Å². The summed E-state index contributed by atoms with van der Waals surface area (Å²) in [5.74, 6) is 2.08. The first-order chi connectivity index (χ1) is 12.7. The molecule has 2 heterocycles. The van der Waals surface area contributed by atoms with Gasteiger partial charge in [-0.3, -0.25) is 0 Å². The van der Waals surface area contributed by atoms with E-state index in [-0.39, 0.29) is 0 Å². The summed E-state index contributed by atoms with van der Waals surface area (Å²) >= 11 is 0. The van der Waals surface area contributed by atoms with Crippen molar-refractivity contribution >= 4 is 16.6 Å². The average Bonchev–Trinajstić information content (AvgIpc) is 2.66. The van der Waals surface area contributed by atoms with Crippen molar-refractivity contribution in [2.24, 2.45) is 5.92 Å². The van der Waals surface area contributed by atoms with E-state index in [1.165, 1.54) is 19.4 Å². The molecule has 3 aromatic rings. The number of rotatable bonds is 4. The largest absolute Gasteiger partial charge is 0.493 e. The molecule has 1 aliphatic heterocycles. The van der Waals surface area contributed by atoms with Gasteiger partial charge in [0.15, 0.2) is 0 Å². The van der Waals surface area contributed by atoms with Gasteiger partial charge in [0.05, 0.1) is 12.3 Å². The van der Waals surface area contributed by atoms with Crippen LogP contribution in [0.2, 0.25) is 0 Å².